The van der Waals surface area contributed by atoms with Crippen molar-refractivity contribution in [2.75, 3.05) is 17.8 Å². The van der Waals surface area contributed by atoms with Crippen molar-refractivity contribution in [2.45, 2.75) is 24.2 Å². The van der Waals surface area contributed by atoms with Crippen molar-refractivity contribution in [3.63, 3.8) is 0 Å². The minimum Gasteiger partial charge on any atom is -0.329 e. The Kier molecular flexibility index (Phi) is 6.02. The molecule has 0 bridgehead atoms. The summed E-state index contributed by atoms with van der Waals surface area (Å²) in [7, 11) is -3.20. The molecule has 1 aromatic heterocycles. The molecular weight excluding hydrogens is 413 g/mol. The topological polar surface area (TPSA) is 80.2 Å². The van der Waals surface area contributed by atoms with Crippen molar-refractivity contribution in [3.05, 3.63) is 52.6 Å². The first kappa shape index (κ1) is 20.0. The predicted octanol–water partition coefficient (Wildman–Crippen LogP) is 2.82. The predicted molar refractivity (Wildman–Crippen MR) is 102 cm³/mol. The molecule has 6 nitrogen and oxygen atoms in total. The molecule has 0 radical (unpaired) electrons. The van der Waals surface area contributed by atoms with E-state index in [0.29, 0.717) is 17.1 Å². The highest BCUT2D eigenvalue weighted by atomic mass is 35.5. The third-order valence-electron chi connectivity index (χ3n) is 4.28. The number of sulfone groups is 1. The Hall–Kier alpha value is -1.71. The second-order valence-electron chi connectivity index (χ2n) is 6.17. The number of thioether (sulfide) groups is 1. The summed E-state index contributed by atoms with van der Waals surface area (Å²) in [6.07, 6.45) is 3.47. The number of aromatic nitrogens is 2. The molecule has 0 spiro atoms. The Morgan fingerprint density at radius 1 is 1.37 bits per heavy atom. The molecule has 1 aliphatic rings. The highest BCUT2D eigenvalue weighted by Gasteiger charge is 2.36. The van der Waals surface area contributed by atoms with Gasteiger partial charge in [-0.05, 0) is 30.4 Å². The zero-order valence-corrected chi connectivity index (χ0v) is 16.8. The van der Waals surface area contributed by atoms with E-state index in [1.54, 1.807) is 18.4 Å². The molecule has 27 heavy (non-hydrogen) atoms. The van der Waals surface area contributed by atoms with Crippen LogP contribution in [0, 0.1) is 5.82 Å². The van der Waals surface area contributed by atoms with Crippen molar-refractivity contribution in [2.24, 2.45) is 0 Å². The SMILES string of the molecule is CSc1ncc(Cl)c(C(=O)N(Cc2ccc(F)cc2)C2CCS(=O)(=O)C2)n1. The Bertz CT molecular complexity index is 954. The van der Waals surface area contributed by atoms with Gasteiger partial charge in [-0.15, -0.1) is 0 Å². The van der Waals surface area contributed by atoms with Gasteiger partial charge in [0.05, 0.1) is 22.7 Å². The van der Waals surface area contributed by atoms with E-state index in [4.69, 9.17) is 11.6 Å². The van der Waals surface area contributed by atoms with Crippen molar-refractivity contribution in [1.29, 1.82) is 0 Å². The van der Waals surface area contributed by atoms with E-state index in [0.717, 1.165) is 0 Å². The minimum absolute atomic E-state index is 0.0262. The summed E-state index contributed by atoms with van der Waals surface area (Å²) in [6, 6.07) is 5.23. The average molecular weight is 430 g/mol. The molecule has 0 saturated carbocycles. The van der Waals surface area contributed by atoms with Crippen LogP contribution in [0.25, 0.3) is 0 Å². The highest BCUT2D eigenvalue weighted by molar-refractivity contribution is 7.98. The number of hydrogen-bond donors (Lipinski definition) is 0. The number of amides is 1. The number of nitrogens with zero attached hydrogens (tertiary/aromatic N) is 3. The number of halogens is 2. The molecule has 1 aromatic carbocycles. The van der Waals surface area contributed by atoms with Crippen LogP contribution < -0.4 is 0 Å². The van der Waals surface area contributed by atoms with Crippen LogP contribution >= 0.6 is 23.4 Å². The van der Waals surface area contributed by atoms with E-state index in [9.17, 15) is 17.6 Å². The Morgan fingerprint density at radius 2 is 2.07 bits per heavy atom. The maximum absolute atomic E-state index is 13.2. The molecule has 2 heterocycles. The van der Waals surface area contributed by atoms with Crippen LogP contribution in [-0.4, -0.2) is 53.0 Å². The zero-order valence-electron chi connectivity index (χ0n) is 14.4. The van der Waals surface area contributed by atoms with Crippen LogP contribution in [0.1, 0.15) is 22.5 Å². The molecule has 10 heteroatoms. The lowest BCUT2D eigenvalue weighted by molar-refractivity contribution is 0.0674. The molecule has 144 valence electrons. The number of carbonyl (C=O) groups excluding carboxylic acids is 1. The molecule has 0 N–H and O–H groups in total. The van der Waals surface area contributed by atoms with Gasteiger partial charge < -0.3 is 4.90 Å². The lowest BCUT2D eigenvalue weighted by Crippen LogP contribution is -2.41. The largest absolute Gasteiger partial charge is 0.329 e. The van der Waals surface area contributed by atoms with Crippen LogP contribution in [0.15, 0.2) is 35.6 Å². The van der Waals surface area contributed by atoms with E-state index in [1.807, 2.05) is 0 Å². The normalized spacial score (nSPS) is 18.4. The van der Waals surface area contributed by atoms with Gasteiger partial charge >= 0.3 is 0 Å². The quantitative estimate of drug-likeness (QED) is 0.537. The van der Waals surface area contributed by atoms with Crippen LogP contribution in [-0.2, 0) is 16.4 Å². The van der Waals surface area contributed by atoms with Gasteiger partial charge in [0.25, 0.3) is 5.91 Å². The monoisotopic (exact) mass is 429 g/mol. The molecule has 1 saturated heterocycles. The Balaban J connectivity index is 1.96. The smallest absolute Gasteiger partial charge is 0.274 e. The van der Waals surface area contributed by atoms with Gasteiger partial charge in [0.15, 0.2) is 20.7 Å². The number of rotatable bonds is 5. The standard InChI is InChI=1S/C17H17ClFN3O3S2/c1-26-17-20-8-14(18)15(21-17)16(23)22(13-6-7-27(24,25)10-13)9-11-2-4-12(19)5-3-11/h2-5,8,13H,6-7,9-10H2,1H3. The van der Waals surface area contributed by atoms with Crippen molar-refractivity contribution < 1.29 is 17.6 Å². The second-order valence-corrected chi connectivity index (χ2v) is 9.58. The van der Waals surface area contributed by atoms with Gasteiger partial charge in [-0.25, -0.2) is 22.8 Å². The van der Waals surface area contributed by atoms with Crippen LogP contribution in [0.5, 0.6) is 0 Å². The van der Waals surface area contributed by atoms with Crippen molar-refractivity contribution >= 4 is 39.1 Å². The molecule has 1 fully saturated rings. The molecule has 2 aromatic rings. The fraction of sp³-hybridized carbons (Fsp3) is 0.353. The van der Waals surface area contributed by atoms with Crippen LogP contribution in [0.3, 0.4) is 0 Å². The van der Waals surface area contributed by atoms with Gasteiger partial charge in [0.1, 0.15) is 5.82 Å². The van der Waals surface area contributed by atoms with Crippen LogP contribution in [0.4, 0.5) is 4.39 Å². The van der Waals surface area contributed by atoms with Crippen molar-refractivity contribution in [3.8, 4) is 0 Å². The highest BCUT2D eigenvalue weighted by Crippen LogP contribution is 2.25. The molecule has 0 aliphatic carbocycles. The summed E-state index contributed by atoms with van der Waals surface area (Å²) in [6.45, 7) is 0.133. The maximum Gasteiger partial charge on any atom is 0.274 e. The Labute approximate surface area is 166 Å². The lowest BCUT2D eigenvalue weighted by atomic mass is 10.1. The van der Waals surface area contributed by atoms with Gasteiger partial charge in [-0.2, -0.15) is 0 Å². The first-order valence-corrected chi connectivity index (χ1v) is 11.5. The van der Waals surface area contributed by atoms with E-state index >= 15 is 0 Å². The molecule has 1 amide bonds. The van der Waals surface area contributed by atoms with E-state index in [-0.39, 0.29) is 34.6 Å². The first-order valence-electron chi connectivity index (χ1n) is 8.11. The van der Waals surface area contributed by atoms with E-state index < -0.39 is 21.8 Å². The van der Waals surface area contributed by atoms with Crippen LogP contribution in [0.2, 0.25) is 5.02 Å². The summed E-state index contributed by atoms with van der Waals surface area (Å²) < 4.78 is 37.0. The molecule has 1 unspecified atom stereocenters. The fourth-order valence-electron chi connectivity index (χ4n) is 2.91. The zero-order chi connectivity index (χ0) is 19.6. The van der Waals surface area contributed by atoms with Gasteiger partial charge in [0.2, 0.25) is 0 Å². The Morgan fingerprint density at radius 3 is 2.67 bits per heavy atom. The number of benzene rings is 1. The summed E-state index contributed by atoms with van der Waals surface area (Å²) in [5, 5.41) is 0.492. The molecule has 1 atom stereocenters. The second kappa shape index (κ2) is 8.12. The minimum atomic E-state index is -3.20. The lowest BCUT2D eigenvalue weighted by Gasteiger charge is -2.28. The summed E-state index contributed by atoms with van der Waals surface area (Å²) in [4.78, 5) is 22.9. The molecular formula is C17H17ClFN3O3S2. The third-order valence-corrected chi connectivity index (χ3v) is 6.87. The van der Waals surface area contributed by atoms with E-state index in [1.165, 1.54) is 35.0 Å². The van der Waals surface area contributed by atoms with E-state index in [2.05, 4.69) is 9.97 Å². The molecule has 3 rings (SSSR count). The fourth-order valence-corrected chi connectivity index (χ4v) is 5.15. The summed E-state index contributed by atoms with van der Waals surface area (Å²) in [5.41, 5.74) is 0.715. The number of hydrogen-bond acceptors (Lipinski definition) is 6. The average Bonchev–Trinajstić information content (AvgIpc) is 3.00. The summed E-state index contributed by atoms with van der Waals surface area (Å²) in [5.74, 6) is -0.941. The third kappa shape index (κ3) is 4.77. The number of carbonyl (C=O) groups is 1. The molecule has 1 aliphatic heterocycles. The summed E-state index contributed by atoms with van der Waals surface area (Å²) >= 11 is 7.40. The maximum atomic E-state index is 13.2. The first-order chi connectivity index (χ1) is 12.8. The van der Waals surface area contributed by atoms with Crippen molar-refractivity contribution in [1.82, 2.24) is 14.9 Å². The van der Waals surface area contributed by atoms with Gasteiger partial charge in [-0.3, -0.25) is 4.79 Å². The van der Waals surface area contributed by atoms with Gasteiger partial charge in [0, 0.05) is 12.6 Å². The van der Waals surface area contributed by atoms with Gasteiger partial charge in [-0.1, -0.05) is 35.5 Å².